The Bertz CT molecular complexity index is 587. The predicted octanol–water partition coefficient (Wildman–Crippen LogP) is 0.549. The molecule has 1 saturated heterocycles. The van der Waals surface area contributed by atoms with Crippen molar-refractivity contribution in [3.63, 3.8) is 0 Å². The third-order valence-electron chi connectivity index (χ3n) is 5.06. The van der Waals surface area contributed by atoms with Gasteiger partial charge in [-0.2, -0.15) is 0 Å². The number of carbonyl (C=O) groups is 2. The Kier molecular flexibility index (Phi) is 3.45. The van der Waals surface area contributed by atoms with Crippen LogP contribution in [0, 0.1) is 10.8 Å². The maximum Gasteiger partial charge on any atom is 0.312 e. The van der Waals surface area contributed by atoms with Crippen LogP contribution < -0.4 is 5.73 Å². The van der Waals surface area contributed by atoms with E-state index in [0.717, 1.165) is 12.0 Å². The Morgan fingerprint density at radius 1 is 1.05 bits per heavy atom. The molecule has 1 aliphatic carbocycles. The van der Waals surface area contributed by atoms with Gasteiger partial charge in [-0.15, -0.1) is 0 Å². The van der Waals surface area contributed by atoms with Crippen molar-refractivity contribution in [1.82, 2.24) is 4.90 Å². The third kappa shape index (κ3) is 2.10. The molecule has 1 aromatic carbocycles. The average Bonchev–Trinajstić information content (AvgIpc) is 3.01. The van der Waals surface area contributed by atoms with Crippen LogP contribution in [0.3, 0.4) is 0 Å². The zero-order valence-electron chi connectivity index (χ0n) is 12.3. The molecule has 1 aliphatic heterocycles. The first kappa shape index (κ1) is 15.0. The molecule has 6 nitrogen and oxygen atoms in total. The minimum absolute atomic E-state index is 0.247. The molecule has 0 spiro atoms. The average molecular weight is 304 g/mol. The lowest BCUT2D eigenvalue weighted by molar-refractivity contribution is -0.151. The number of nitrogens with two attached hydrogens (primary N) is 1. The smallest absolute Gasteiger partial charge is 0.312 e. The van der Waals surface area contributed by atoms with Crippen molar-refractivity contribution in [3.8, 4) is 0 Å². The molecule has 1 saturated carbocycles. The Labute approximate surface area is 128 Å². The number of likely N-dealkylation sites (tertiary alicyclic amines) is 1. The first-order valence-corrected chi connectivity index (χ1v) is 7.41. The molecular weight excluding hydrogens is 284 g/mol. The van der Waals surface area contributed by atoms with Crippen LogP contribution in [-0.2, 0) is 22.6 Å². The third-order valence-corrected chi connectivity index (χ3v) is 5.06. The zero-order chi connectivity index (χ0) is 16.0. The number of piperidine rings is 1. The second kappa shape index (κ2) is 5.07. The molecule has 0 bridgehead atoms. The Morgan fingerprint density at radius 3 is 2.00 bits per heavy atom. The molecule has 6 heteroatoms. The minimum Gasteiger partial charge on any atom is -0.481 e. The van der Waals surface area contributed by atoms with E-state index in [1.807, 2.05) is 29.2 Å². The van der Waals surface area contributed by atoms with Crippen LogP contribution in [0.2, 0.25) is 0 Å². The van der Waals surface area contributed by atoms with Crippen LogP contribution in [0.4, 0.5) is 0 Å². The lowest BCUT2D eigenvalue weighted by Crippen LogP contribution is -2.28. The van der Waals surface area contributed by atoms with Crippen LogP contribution in [0.5, 0.6) is 0 Å². The standard InChI is InChI=1S/C16H20N2O4/c17-6-5-11-1-3-12(4-2-11)7-18-9-15(13(19)20)8-16(15,10-18)14(21)22/h1-4H,5-10,17H2,(H,19,20)(H,21,22)/t15-,16+. The highest BCUT2D eigenvalue weighted by atomic mass is 16.4. The zero-order valence-corrected chi connectivity index (χ0v) is 12.3. The molecule has 0 amide bonds. The van der Waals surface area contributed by atoms with Crippen LogP contribution in [0.1, 0.15) is 17.5 Å². The van der Waals surface area contributed by atoms with E-state index < -0.39 is 22.8 Å². The first-order valence-electron chi connectivity index (χ1n) is 7.41. The molecule has 1 aromatic rings. The van der Waals surface area contributed by atoms with Gasteiger partial charge in [0, 0.05) is 19.6 Å². The molecule has 2 atom stereocenters. The molecule has 4 N–H and O–H groups in total. The number of aliphatic carboxylic acids is 2. The van der Waals surface area contributed by atoms with E-state index in [9.17, 15) is 19.8 Å². The lowest BCUT2D eigenvalue weighted by Gasteiger charge is -2.19. The van der Waals surface area contributed by atoms with Gasteiger partial charge in [0.15, 0.2) is 0 Å². The maximum absolute atomic E-state index is 11.5. The minimum atomic E-state index is -1.10. The highest BCUT2D eigenvalue weighted by molar-refractivity contribution is 5.94. The Hall–Kier alpha value is -1.92. The van der Waals surface area contributed by atoms with Crippen LogP contribution in [-0.4, -0.2) is 46.7 Å². The first-order chi connectivity index (χ1) is 10.4. The molecule has 1 heterocycles. The van der Waals surface area contributed by atoms with Gasteiger partial charge in [0.25, 0.3) is 0 Å². The molecule has 0 aromatic heterocycles. The monoisotopic (exact) mass is 304 g/mol. The summed E-state index contributed by atoms with van der Waals surface area (Å²) < 4.78 is 0. The molecule has 2 aliphatic rings. The fourth-order valence-electron chi connectivity index (χ4n) is 3.75. The van der Waals surface area contributed by atoms with Crippen LogP contribution in [0.15, 0.2) is 24.3 Å². The second-order valence-corrected chi connectivity index (χ2v) is 6.45. The molecular formula is C16H20N2O4. The molecule has 0 unspecified atom stereocenters. The van der Waals surface area contributed by atoms with Gasteiger partial charge >= 0.3 is 11.9 Å². The second-order valence-electron chi connectivity index (χ2n) is 6.45. The summed E-state index contributed by atoms with van der Waals surface area (Å²) in [6, 6.07) is 8.02. The summed E-state index contributed by atoms with van der Waals surface area (Å²) in [7, 11) is 0. The summed E-state index contributed by atoms with van der Waals surface area (Å²) in [5, 5.41) is 18.8. The number of nitrogens with zero attached hydrogens (tertiary/aromatic N) is 1. The summed E-state index contributed by atoms with van der Waals surface area (Å²) in [6.07, 6.45) is 1.07. The van der Waals surface area contributed by atoms with E-state index in [1.165, 1.54) is 5.56 Å². The topological polar surface area (TPSA) is 104 Å². The van der Waals surface area contributed by atoms with Gasteiger partial charge in [0.05, 0.1) is 10.8 Å². The van der Waals surface area contributed by atoms with Crippen molar-refractivity contribution >= 4 is 11.9 Å². The van der Waals surface area contributed by atoms with E-state index in [4.69, 9.17) is 5.73 Å². The van der Waals surface area contributed by atoms with Crippen molar-refractivity contribution in [3.05, 3.63) is 35.4 Å². The highest BCUT2D eigenvalue weighted by Crippen LogP contribution is 2.68. The fraction of sp³-hybridized carbons (Fsp3) is 0.500. The number of hydrogen-bond acceptors (Lipinski definition) is 4. The Morgan fingerprint density at radius 2 is 1.55 bits per heavy atom. The van der Waals surface area contributed by atoms with Crippen molar-refractivity contribution in [1.29, 1.82) is 0 Å². The molecule has 22 heavy (non-hydrogen) atoms. The SMILES string of the molecule is NCCc1ccc(CN2C[C@@]3(C(=O)O)C[C@@]3(C(=O)O)C2)cc1. The van der Waals surface area contributed by atoms with E-state index in [2.05, 4.69) is 0 Å². The summed E-state index contributed by atoms with van der Waals surface area (Å²) in [4.78, 5) is 24.9. The fourth-order valence-corrected chi connectivity index (χ4v) is 3.75. The molecule has 118 valence electrons. The summed E-state index contributed by atoms with van der Waals surface area (Å²) >= 11 is 0. The molecule has 3 rings (SSSR count). The van der Waals surface area contributed by atoms with Gasteiger partial charge < -0.3 is 15.9 Å². The normalized spacial score (nSPS) is 30.0. The molecule has 0 radical (unpaired) electrons. The number of rotatable bonds is 6. The van der Waals surface area contributed by atoms with E-state index >= 15 is 0 Å². The quantitative estimate of drug-likeness (QED) is 0.709. The van der Waals surface area contributed by atoms with Gasteiger partial charge in [-0.25, -0.2) is 0 Å². The van der Waals surface area contributed by atoms with Crippen LogP contribution >= 0.6 is 0 Å². The number of benzene rings is 1. The number of hydrogen-bond donors (Lipinski definition) is 3. The van der Waals surface area contributed by atoms with E-state index in [1.54, 1.807) is 0 Å². The van der Waals surface area contributed by atoms with Crippen LogP contribution in [0.25, 0.3) is 0 Å². The summed E-state index contributed by atoms with van der Waals surface area (Å²) in [5.41, 5.74) is 5.54. The van der Waals surface area contributed by atoms with Crippen molar-refractivity contribution in [2.75, 3.05) is 19.6 Å². The molecule has 2 fully saturated rings. The van der Waals surface area contributed by atoms with Crippen molar-refractivity contribution < 1.29 is 19.8 Å². The van der Waals surface area contributed by atoms with Gasteiger partial charge in [0.1, 0.15) is 0 Å². The number of carboxylic acids is 2. The maximum atomic E-state index is 11.5. The van der Waals surface area contributed by atoms with Crippen molar-refractivity contribution in [2.45, 2.75) is 19.4 Å². The summed E-state index contributed by atoms with van der Waals surface area (Å²) in [5.74, 6) is -1.98. The lowest BCUT2D eigenvalue weighted by atomic mass is 9.97. The van der Waals surface area contributed by atoms with Gasteiger partial charge in [-0.3, -0.25) is 14.5 Å². The predicted molar refractivity (Wildman–Crippen MR) is 79.2 cm³/mol. The Balaban J connectivity index is 1.70. The van der Waals surface area contributed by atoms with E-state index in [-0.39, 0.29) is 6.42 Å². The van der Waals surface area contributed by atoms with Crippen molar-refractivity contribution in [2.24, 2.45) is 16.6 Å². The largest absolute Gasteiger partial charge is 0.481 e. The summed E-state index contributed by atoms with van der Waals surface area (Å²) in [6.45, 7) is 1.79. The number of fused-ring (bicyclic) bond motifs is 1. The highest BCUT2D eigenvalue weighted by Gasteiger charge is 2.80. The van der Waals surface area contributed by atoms with E-state index in [0.29, 0.717) is 26.2 Å². The number of carboxylic acid groups (broad SMARTS) is 2. The van der Waals surface area contributed by atoms with Gasteiger partial charge in [-0.05, 0) is 30.5 Å². The van der Waals surface area contributed by atoms with Gasteiger partial charge in [0.2, 0.25) is 0 Å². The van der Waals surface area contributed by atoms with Gasteiger partial charge in [-0.1, -0.05) is 24.3 Å².